The molecule has 2 rings (SSSR count). The minimum atomic E-state index is -0.433. The van der Waals surface area contributed by atoms with Gasteiger partial charge in [-0.1, -0.05) is 0 Å². The van der Waals surface area contributed by atoms with E-state index >= 15 is 0 Å². The van der Waals surface area contributed by atoms with Gasteiger partial charge in [0.25, 0.3) is 0 Å². The number of ether oxygens (including phenoxy) is 1. The van der Waals surface area contributed by atoms with E-state index in [-0.39, 0.29) is 17.9 Å². The van der Waals surface area contributed by atoms with Gasteiger partial charge in [-0.25, -0.2) is 0 Å². The third-order valence-corrected chi connectivity index (χ3v) is 4.38. The van der Waals surface area contributed by atoms with Gasteiger partial charge in [0.2, 0.25) is 5.91 Å². The van der Waals surface area contributed by atoms with Gasteiger partial charge >= 0.3 is 5.97 Å². The monoisotopic (exact) mass is 311 g/mol. The second-order valence-corrected chi connectivity index (χ2v) is 7.36. The minimum absolute atomic E-state index is 0.0529. The summed E-state index contributed by atoms with van der Waals surface area (Å²) < 4.78 is 5.37. The van der Waals surface area contributed by atoms with Crippen molar-refractivity contribution < 1.29 is 14.3 Å². The molecule has 1 amide bonds. The van der Waals surface area contributed by atoms with Crippen molar-refractivity contribution in [3.05, 3.63) is 0 Å². The van der Waals surface area contributed by atoms with E-state index in [1.54, 1.807) is 0 Å². The molecular formula is C16H29N3O3. The molecular weight excluding hydrogens is 282 g/mol. The van der Waals surface area contributed by atoms with Crippen molar-refractivity contribution in [3.8, 4) is 0 Å². The highest BCUT2D eigenvalue weighted by atomic mass is 16.6. The van der Waals surface area contributed by atoms with Crippen molar-refractivity contribution in [1.29, 1.82) is 0 Å². The molecule has 2 aliphatic rings. The highest BCUT2D eigenvalue weighted by Crippen LogP contribution is 2.20. The average Bonchev–Trinajstić information content (AvgIpc) is 2.83. The lowest BCUT2D eigenvalue weighted by atomic mass is 10.0. The zero-order chi connectivity index (χ0) is 16.3. The molecule has 0 spiro atoms. The standard InChI is InChI=1S/C16H29N3O3/c1-16(2,3)22-14(20)11-18(4)12-6-9-19(10-7-12)13-5-8-17-15(13)21/h12-13H,5-11H2,1-4H3,(H,17,21). The molecule has 6 heteroatoms. The smallest absolute Gasteiger partial charge is 0.320 e. The van der Waals surface area contributed by atoms with Crippen LogP contribution in [0.3, 0.4) is 0 Å². The van der Waals surface area contributed by atoms with Gasteiger partial charge in [-0.05, 0) is 47.1 Å². The number of nitrogens with one attached hydrogen (secondary N) is 1. The predicted octanol–water partition coefficient (Wildman–Crippen LogP) is 0.613. The zero-order valence-corrected chi connectivity index (χ0v) is 14.2. The molecule has 22 heavy (non-hydrogen) atoms. The molecule has 1 unspecified atom stereocenters. The van der Waals surface area contributed by atoms with Crippen LogP contribution in [0.25, 0.3) is 0 Å². The summed E-state index contributed by atoms with van der Waals surface area (Å²) >= 11 is 0. The molecule has 0 aromatic heterocycles. The maximum absolute atomic E-state index is 11.9. The summed E-state index contributed by atoms with van der Waals surface area (Å²) in [5.74, 6) is -0.00633. The summed E-state index contributed by atoms with van der Waals surface area (Å²) in [5.41, 5.74) is -0.433. The van der Waals surface area contributed by atoms with E-state index in [0.29, 0.717) is 12.6 Å². The molecule has 2 fully saturated rings. The van der Waals surface area contributed by atoms with Crippen molar-refractivity contribution in [2.75, 3.05) is 33.2 Å². The van der Waals surface area contributed by atoms with Crippen molar-refractivity contribution in [3.63, 3.8) is 0 Å². The van der Waals surface area contributed by atoms with Crippen LogP contribution in [0.2, 0.25) is 0 Å². The van der Waals surface area contributed by atoms with Crippen LogP contribution >= 0.6 is 0 Å². The van der Waals surface area contributed by atoms with Gasteiger partial charge in [-0.2, -0.15) is 0 Å². The maximum Gasteiger partial charge on any atom is 0.320 e. The number of likely N-dealkylation sites (tertiary alicyclic amines) is 1. The molecule has 1 N–H and O–H groups in total. The first kappa shape index (κ1) is 17.2. The lowest BCUT2D eigenvalue weighted by Crippen LogP contribution is -2.50. The second-order valence-electron chi connectivity index (χ2n) is 7.36. The number of likely N-dealkylation sites (N-methyl/N-ethyl adjacent to an activating group) is 1. The Morgan fingerprint density at radius 1 is 1.32 bits per heavy atom. The van der Waals surface area contributed by atoms with E-state index in [0.717, 1.165) is 38.9 Å². The molecule has 2 saturated heterocycles. The maximum atomic E-state index is 11.9. The Bertz CT molecular complexity index is 411. The molecule has 0 saturated carbocycles. The Kier molecular flexibility index (Phi) is 5.45. The third kappa shape index (κ3) is 4.68. The molecule has 0 aromatic rings. The van der Waals surface area contributed by atoms with Crippen molar-refractivity contribution in [1.82, 2.24) is 15.1 Å². The molecule has 2 heterocycles. The second kappa shape index (κ2) is 6.96. The number of piperidine rings is 1. The van der Waals surface area contributed by atoms with E-state index in [2.05, 4.69) is 15.1 Å². The first-order valence-electron chi connectivity index (χ1n) is 8.20. The molecule has 1 atom stereocenters. The largest absolute Gasteiger partial charge is 0.459 e. The van der Waals surface area contributed by atoms with Crippen LogP contribution in [0.4, 0.5) is 0 Å². The lowest BCUT2D eigenvalue weighted by molar-refractivity contribution is -0.156. The number of hydrogen-bond donors (Lipinski definition) is 1. The van der Waals surface area contributed by atoms with Gasteiger partial charge in [0.1, 0.15) is 5.60 Å². The number of carbonyl (C=O) groups is 2. The minimum Gasteiger partial charge on any atom is -0.459 e. The van der Waals surface area contributed by atoms with Gasteiger partial charge in [0.05, 0.1) is 12.6 Å². The Labute approximate surface area is 133 Å². The normalized spacial score (nSPS) is 24.6. The van der Waals surface area contributed by atoms with Gasteiger partial charge in [-0.3, -0.25) is 19.4 Å². The molecule has 2 aliphatic heterocycles. The molecule has 0 radical (unpaired) electrons. The topological polar surface area (TPSA) is 61.9 Å². The van der Waals surface area contributed by atoms with Gasteiger partial charge in [0, 0.05) is 25.7 Å². The molecule has 0 aromatic carbocycles. The highest BCUT2D eigenvalue weighted by Gasteiger charge is 2.33. The number of esters is 1. The van der Waals surface area contributed by atoms with Crippen LogP contribution < -0.4 is 5.32 Å². The van der Waals surface area contributed by atoms with Crippen molar-refractivity contribution in [2.45, 2.75) is 57.7 Å². The molecule has 0 bridgehead atoms. The summed E-state index contributed by atoms with van der Waals surface area (Å²) in [5, 5.41) is 2.90. The van der Waals surface area contributed by atoms with Crippen LogP contribution in [-0.4, -0.2) is 72.6 Å². The number of amides is 1. The summed E-state index contributed by atoms with van der Waals surface area (Å²) in [4.78, 5) is 28.0. The zero-order valence-electron chi connectivity index (χ0n) is 14.2. The fraction of sp³-hybridized carbons (Fsp3) is 0.875. The molecule has 0 aliphatic carbocycles. The Balaban J connectivity index is 1.76. The summed E-state index contributed by atoms with van der Waals surface area (Å²) in [6.07, 6.45) is 2.89. The van der Waals surface area contributed by atoms with E-state index in [1.165, 1.54) is 0 Å². The first-order valence-corrected chi connectivity index (χ1v) is 8.20. The molecule has 6 nitrogen and oxygen atoms in total. The fourth-order valence-electron chi connectivity index (χ4n) is 3.27. The average molecular weight is 311 g/mol. The van der Waals surface area contributed by atoms with Crippen LogP contribution in [0.1, 0.15) is 40.0 Å². The third-order valence-electron chi connectivity index (χ3n) is 4.38. The quantitative estimate of drug-likeness (QED) is 0.771. The highest BCUT2D eigenvalue weighted by molar-refractivity contribution is 5.83. The number of hydrogen-bond acceptors (Lipinski definition) is 5. The molecule has 126 valence electrons. The predicted molar refractivity (Wildman–Crippen MR) is 84.5 cm³/mol. The number of rotatable bonds is 4. The van der Waals surface area contributed by atoms with Crippen LogP contribution in [0.15, 0.2) is 0 Å². The Hall–Kier alpha value is -1.14. The van der Waals surface area contributed by atoms with Crippen LogP contribution in [0, 0.1) is 0 Å². The lowest BCUT2D eigenvalue weighted by Gasteiger charge is -2.38. The van der Waals surface area contributed by atoms with E-state index in [9.17, 15) is 9.59 Å². The van der Waals surface area contributed by atoms with Crippen molar-refractivity contribution in [2.24, 2.45) is 0 Å². The first-order chi connectivity index (χ1) is 10.3. The Morgan fingerprint density at radius 2 is 1.95 bits per heavy atom. The number of carbonyl (C=O) groups excluding carboxylic acids is 2. The van der Waals surface area contributed by atoms with E-state index in [4.69, 9.17) is 4.74 Å². The Morgan fingerprint density at radius 3 is 2.45 bits per heavy atom. The summed E-state index contributed by atoms with van der Waals surface area (Å²) in [6.45, 7) is 8.61. The fourth-order valence-corrected chi connectivity index (χ4v) is 3.27. The van der Waals surface area contributed by atoms with Gasteiger partial charge < -0.3 is 10.1 Å². The summed E-state index contributed by atoms with van der Waals surface area (Å²) in [7, 11) is 1.98. The van der Waals surface area contributed by atoms with E-state index < -0.39 is 5.60 Å². The van der Waals surface area contributed by atoms with Crippen molar-refractivity contribution >= 4 is 11.9 Å². The van der Waals surface area contributed by atoms with E-state index in [1.807, 2.05) is 27.8 Å². The SMILES string of the molecule is CN(CC(=O)OC(C)(C)C)C1CCN(C2CCNC2=O)CC1. The van der Waals surface area contributed by atoms with Gasteiger partial charge in [0.15, 0.2) is 0 Å². The summed E-state index contributed by atoms with van der Waals surface area (Å²) in [6, 6.07) is 0.436. The van der Waals surface area contributed by atoms with Crippen LogP contribution in [0.5, 0.6) is 0 Å². The van der Waals surface area contributed by atoms with Crippen LogP contribution in [-0.2, 0) is 14.3 Å². The number of nitrogens with zero attached hydrogens (tertiary/aromatic N) is 2. The van der Waals surface area contributed by atoms with Gasteiger partial charge in [-0.15, -0.1) is 0 Å².